The van der Waals surface area contributed by atoms with Gasteiger partial charge in [-0.3, -0.25) is 0 Å². The number of aliphatic imine (C=N–C) groups is 1. The predicted octanol–water partition coefficient (Wildman–Crippen LogP) is 3.12. The second-order valence-corrected chi connectivity index (χ2v) is 7.00. The molecule has 1 fully saturated rings. The first kappa shape index (κ1) is 20.0. The molecule has 1 aliphatic heterocycles. The molecule has 1 aliphatic rings. The molecule has 0 saturated carbocycles. The first-order valence-electron chi connectivity index (χ1n) is 10.2. The SMILES string of the molecule is CCNC(=NCc1ccnc(N2CCCC2)c1)NCCOc1ccc(C)cc1. The van der Waals surface area contributed by atoms with E-state index in [1.54, 1.807) is 0 Å². The van der Waals surface area contributed by atoms with Crippen LogP contribution < -0.4 is 20.3 Å². The number of nitrogens with zero attached hydrogens (tertiary/aromatic N) is 3. The maximum Gasteiger partial charge on any atom is 0.191 e. The van der Waals surface area contributed by atoms with E-state index >= 15 is 0 Å². The number of guanidine groups is 1. The summed E-state index contributed by atoms with van der Waals surface area (Å²) in [6, 6.07) is 12.3. The lowest BCUT2D eigenvalue weighted by molar-refractivity contribution is 0.322. The highest BCUT2D eigenvalue weighted by Crippen LogP contribution is 2.18. The second-order valence-electron chi connectivity index (χ2n) is 7.00. The quantitative estimate of drug-likeness (QED) is 0.418. The molecule has 0 atom stereocenters. The Morgan fingerprint density at radius 2 is 1.93 bits per heavy atom. The number of rotatable bonds is 8. The van der Waals surface area contributed by atoms with Gasteiger partial charge in [-0.1, -0.05) is 17.7 Å². The molecule has 3 rings (SSSR count). The molecule has 0 unspecified atom stereocenters. The molecule has 150 valence electrons. The van der Waals surface area contributed by atoms with Crippen molar-refractivity contribution in [2.24, 2.45) is 4.99 Å². The van der Waals surface area contributed by atoms with Crippen LogP contribution >= 0.6 is 0 Å². The highest BCUT2D eigenvalue weighted by Gasteiger charge is 2.13. The van der Waals surface area contributed by atoms with Crippen LogP contribution in [0.25, 0.3) is 0 Å². The third kappa shape index (κ3) is 6.15. The van der Waals surface area contributed by atoms with Crippen LogP contribution in [-0.2, 0) is 6.54 Å². The number of hydrogen-bond acceptors (Lipinski definition) is 4. The maximum absolute atomic E-state index is 5.77. The van der Waals surface area contributed by atoms with Crippen molar-refractivity contribution in [3.63, 3.8) is 0 Å². The van der Waals surface area contributed by atoms with Crippen molar-refractivity contribution >= 4 is 11.8 Å². The highest BCUT2D eigenvalue weighted by molar-refractivity contribution is 5.79. The van der Waals surface area contributed by atoms with Gasteiger partial charge in [-0.15, -0.1) is 0 Å². The molecule has 0 bridgehead atoms. The first-order chi connectivity index (χ1) is 13.7. The number of aromatic nitrogens is 1. The number of aryl methyl sites for hydroxylation is 1. The lowest BCUT2D eigenvalue weighted by Gasteiger charge is -2.16. The van der Waals surface area contributed by atoms with Crippen molar-refractivity contribution in [3.05, 3.63) is 53.7 Å². The summed E-state index contributed by atoms with van der Waals surface area (Å²) in [6.45, 7) is 9.06. The lowest BCUT2D eigenvalue weighted by Crippen LogP contribution is -2.39. The molecule has 28 heavy (non-hydrogen) atoms. The van der Waals surface area contributed by atoms with E-state index in [1.165, 1.54) is 24.0 Å². The number of anilines is 1. The number of hydrogen-bond donors (Lipinski definition) is 2. The van der Waals surface area contributed by atoms with E-state index in [4.69, 9.17) is 9.73 Å². The Kier molecular flexibility index (Phi) is 7.53. The number of ether oxygens (including phenoxy) is 1. The van der Waals surface area contributed by atoms with Gasteiger partial charge in [-0.2, -0.15) is 0 Å². The van der Waals surface area contributed by atoms with Gasteiger partial charge in [0.05, 0.1) is 13.1 Å². The molecule has 0 spiro atoms. The zero-order valence-electron chi connectivity index (χ0n) is 16.9. The van der Waals surface area contributed by atoms with Crippen molar-refractivity contribution in [2.75, 3.05) is 37.7 Å². The van der Waals surface area contributed by atoms with Crippen molar-refractivity contribution in [3.8, 4) is 5.75 Å². The molecule has 0 aliphatic carbocycles. The topological polar surface area (TPSA) is 61.8 Å². The van der Waals surface area contributed by atoms with Gasteiger partial charge in [0, 0.05) is 25.8 Å². The molecular formula is C22H31N5O. The van der Waals surface area contributed by atoms with Gasteiger partial charge in [-0.25, -0.2) is 9.98 Å². The van der Waals surface area contributed by atoms with Crippen LogP contribution in [-0.4, -0.2) is 43.7 Å². The van der Waals surface area contributed by atoms with E-state index in [0.717, 1.165) is 37.2 Å². The number of pyridine rings is 1. The van der Waals surface area contributed by atoms with E-state index in [1.807, 2.05) is 24.4 Å². The summed E-state index contributed by atoms with van der Waals surface area (Å²) in [5.74, 6) is 2.75. The van der Waals surface area contributed by atoms with Crippen molar-refractivity contribution < 1.29 is 4.74 Å². The van der Waals surface area contributed by atoms with Crippen LogP contribution in [0.2, 0.25) is 0 Å². The molecule has 6 nitrogen and oxygen atoms in total. The Hall–Kier alpha value is -2.76. The van der Waals surface area contributed by atoms with Crippen molar-refractivity contribution in [1.82, 2.24) is 15.6 Å². The summed E-state index contributed by atoms with van der Waals surface area (Å²) in [4.78, 5) is 11.6. The standard InChI is InChI=1S/C22H31N5O/c1-3-23-22(25-12-15-28-20-8-6-18(2)7-9-20)26-17-19-10-11-24-21(16-19)27-13-4-5-14-27/h6-11,16H,3-5,12-15,17H2,1-2H3,(H2,23,25,26). The molecule has 6 heteroatoms. The summed E-state index contributed by atoms with van der Waals surface area (Å²) in [5, 5.41) is 6.62. The fourth-order valence-corrected chi connectivity index (χ4v) is 3.16. The minimum atomic E-state index is 0.585. The van der Waals surface area contributed by atoms with Gasteiger partial charge in [0.1, 0.15) is 18.2 Å². The van der Waals surface area contributed by atoms with E-state index < -0.39 is 0 Å². The summed E-state index contributed by atoms with van der Waals surface area (Å²) < 4.78 is 5.77. The van der Waals surface area contributed by atoms with Crippen LogP contribution in [0.5, 0.6) is 5.75 Å². The van der Waals surface area contributed by atoms with E-state index in [9.17, 15) is 0 Å². The third-order valence-corrected chi connectivity index (χ3v) is 4.69. The molecule has 1 saturated heterocycles. The van der Waals surface area contributed by atoms with Crippen LogP contribution in [0.3, 0.4) is 0 Å². The average Bonchev–Trinajstić information content (AvgIpc) is 3.26. The van der Waals surface area contributed by atoms with Gasteiger partial charge in [0.2, 0.25) is 0 Å². The summed E-state index contributed by atoms with van der Waals surface area (Å²) in [7, 11) is 0. The molecular weight excluding hydrogens is 350 g/mol. The highest BCUT2D eigenvalue weighted by atomic mass is 16.5. The van der Waals surface area contributed by atoms with Crippen LogP contribution in [0.1, 0.15) is 30.9 Å². The van der Waals surface area contributed by atoms with Crippen LogP contribution in [0.4, 0.5) is 5.82 Å². The summed E-state index contributed by atoms with van der Waals surface area (Å²) >= 11 is 0. The first-order valence-corrected chi connectivity index (χ1v) is 10.2. The fourth-order valence-electron chi connectivity index (χ4n) is 3.16. The minimum Gasteiger partial charge on any atom is -0.492 e. The number of nitrogens with one attached hydrogen (secondary N) is 2. The van der Waals surface area contributed by atoms with Crippen molar-refractivity contribution in [2.45, 2.75) is 33.2 Å². The molecule has 0 radical (unpaired) electrons. The molecule has 1 aromatic heterocycles. The van der Waals surface area contributed by atoms with E-state index in [2.05, 4.69) is 52.6 Å². The third-order valence-electron chi connectivity index (χ3n) is 4.69. The van der Waals surface area contributed by atoms with Crippen LogP contribution in [0, 0.1) is 6.92 Å². The Morgan fingerprint density at radius 1 is 1.14 bits per heavy atom. The molecule has 2 N–H and O–H groups in total. The molecule has 1 aromatic carbocycles. The van der Waals surface area contributed by atoms with Gasteiger partial charge < -0.3 is 20.3 Å². The zero-order valence-corrected chi connectivity index (χ0v) is 16.9. The van der Waals surface area contributed by atoms with Crippen molar-refractivity contribution in [1.29, 1.82) is 0 Å². The van der Waals surface area contributed by atoms with E-state index in [0.29, 0.717) is 19.7 Å². The van der Waals surface area contributed by atoms with Gasteiger partial charge in [0.15, 0.2) is 5.96 Å². The Balaban J connectivity index is 1.49. The second kappa shape index (κ2) is 10.5. The molecule has 2 aromatic rings. The monoisotopic (exact) mass is 381 g/mol. The smallest absolute Gasteiger partial charge is 0.191 e. The Bertz CT molecular complexity index is 754. The molecule has 0 amide bonds. The zero-order chi connectivity index (χ0) is 19.6. The Labute approximate surface area is 168 Å². The van der Waals surface area contributed by atoms with E-state index in [-0.39, 0.29) is 0 Å². The molecule has 2 heterocycles. The van der Waals surface area contributed by atoms with Gasteiger partial charge in [0.25, 0.3) is 0 Å². The fraction of sp³-hybridized carbons (Fsp3) is 0.455. The lowest BCUT2D eigenvalue weighted by atomic mass is 10.2. The normalized spacial score (nSPS) is 14.2. The average molecular weight is 382 g/mol. The largest absolute Gasteiger partial charge is 0.492 e. The van der Waals surface area contributed by atoms with Crippen LogP contribution in [0.15, 0.2) is 47.6 Å². The minimum absolute atomic E-state index is 0.585. The number of benzene rings is 1. The summed E-state index contributed by atoms with van der Waals surface area (Å²) in [6.07, 6.45) is 4.39. The maximum atomic E-state index is 5.77. The predicted molar refractivity (Wildman–Crippen MR) is 115 cm³/mol. The van der Waals surface area contributed by atoms with Gasteiger partial charge in [-0.05, 0) is 56.5 Å². The summed E-state index contributed by atoms with van der Waals surface area (Å²) in [5.41, 5.74) is 2.40. The van der Waals surface area contributed by atoms with Gasteiger partial charge >= 0.3 is 0 Å². The Morgan fingerprint density at radius 3 is 2.68 bits per heavy atom.